The van der Waals surface area contributed by atoms with E-state index < -0.39 is 11.8 Å². The maximum Gasteiger partial charge on any atom is 0.509 e. The van der Waals surface area contributed by atoms with E-state index in [1.54, 1.807) is 4.90 Å². The van der Waals surface area contributed by atoms with Gasteiger partial charge in [0.2, 0.25) is 0 Å². The SMILES string of the molecule is CC[C@H](C)c1ccccc1OCC(=O)N1CCC2(CC1)COC(=O)O2. The van der Waals surface area contributed by atoms with E-state index in [1.807, 2.05) is 24.3 Å². The van der Waals surface area contributed by atoms with Crippen LogP contribution in [0.2, 0.25) is 0 Å². The largest absolute Gasteiger partial charge is 0.509 e. The molecule has 136 valence electrons. The molecule has 0 aromatic heterocycles. The third-order valence-electron chi connectivity index (χ3n) is 5.19. The van der Waals surface area contributed by atoms with Crippen molar-refractivity contribution >= 4 is 12.1 Å². The molecular weight excluding hydrogens is 322 g/mol. The first-order valence-corrected chi connectivity index (χ1v) is 8.88. The molecule has 0 N–H and O–H groups in total. The molecule has 1 aromatic rings. The van der Waals surface area contributed by atoms with Gasteiger partial charge in [-0.2, -0.15) is 0 Å². The Kier molecular flexibility index (Phi) is 5.16. The fraction of sp³-hybridized carbons (Fsp3) is 0.579. The number of ether oxygens (including phenoxy) is 3. The fourth-order valence-electron chi connectivity index (χ4n) is 3.31. The lowest BCUT2D eigenvalue weighted by atomic mass is 9.92. The van der Waals surface area contributed by atoms with Crippen molar-refractivity contribution in [1.82, 2.24) is 4.90 Å². The van der Waals surface area contributed by atoms with Gasteiger partial charge in [-0.25, -0.2) is 4.79 Å². The third kappa shape index (κ3) is 3.89. The summed E-state index contributed by atoms with van der Waals surface area (Å²) in [7, 11) is 0. The normalized spacial score (nSPS) is 20.1. The molecule has 2 aliphatic heterocycles. The molecule has 3 rings (SSSR count). The van der Waals surface area contributed by atoms with Crippen LogP contribution in [0.4, 0.5) is 4.79 Å². The van der Waals surface area contributed by atoms with Crippen LogP contribution in [0.3, 0.4) is 0 Å². The zero-order valence-corrected chi connectivity index (χ0v) is 14.8. The Labute approximate surface area is 148 Å². The standard InChI is InChI=1S/C19H25NO5/c1-3-14(2)15-6-4-5-7-16(15)23-12-17(21)20-10-8-19(9-11-20)13-24-18(22)25-19/h4-7,14H,3,8-13H2,1-2H3/t14-/m0/s1. The first-order valence-electron chi connectivity index (χ1n) is 8.88. The highest BCUT2D eigenvalue weighted by atomic mass is 16.8. The number of rotatable bonds is 5. The number of amides is 1. The fourth-order valence-corrected chi connectivity index (χ4v) is 3.31. The highest BCUT2D eigenvalue weighted by Gasteiger charge is 2.45. The molecule has 2 heterocycles. The van der Waals surface area contributed by atoms with E-state index in [1.165, 1.54) is 0 Å². The molecule has 2 fully saturated rings. The van der Waals surface area contributed by atoms with E-state index in [4.69, 9.17) is 14.2 Å². The number of hydrogen-bond donors (Lipinski definition) is 0. The van der Waals surface area contributed by atoms with Gasteiger partial charge in [-0.15, -0.1) is 0 Å². The Balaban J connectivity index is 1.53. The summed E-state index contributed by atoms with van der Waals surface area (Å²) >= 11 is 0. The molecule has 0 unspecified atom stereocenters. The van der Waals surface area contributed by atoms with Crippen molar-refractivity contribution in [2.45, 2.75) is 44.6 Å². The highest BCUT2D eigenvalue weighted by molar-refractivity contribution is 5.78. The number of piperidine rings is 1. The van der Waals surface area contributed by atoms with Crippen LogP contribution in [-0.4, -0.2) is 48.9 Å². The number of hydrogen-bond acceptors (Lipinski definition) is 5. The van der Waals surface area contributed by atoms with Crippen LogP contribution in [0.5, 0.6) is 5.75 Å². The Morgan fingerprint density at radius 1 is 1.32 bits per heavy atom. The summed E-state index contributed by atoms with van der Waals surface area (Å²) in [5.74, 6) is 1.12. The number of carbonyl (C=O) groups excluding carboxylic acids is 2. The van der Waals surface area contributed by atoms with Gasteiger partial charge in [-0.1, -0.05) is 32.0 Å². The van der Waals surface area contributed by atoms with Gasteiger partial charge in [-0.3, -0.25) is 4.79 Å². The minimum Gasteiger partial charge on any atom is -0.483 e. The summed E-state index contributed by atoms with van der Waals surface area (Å²) in [4.78, 5) is 25.4. The Bertz CT molecular complexity index is 636. The van der Waals surface area contributed by atoms with Crippen LogP contribution < -0.4 is 4.74 Å². The second-order valence-corrected chi connectivity index (χ2v) is 6.84. The van der Waals surface area contributed by atoms with E-state index in [2.05, 4.69) is 13.8 Å². The predicted octanol–water partition coefficient (Wildman–Crippen LogP) is 3.11. The van der Waals surface area contributed by atoms with Gasteiger partial charge in [-0.05, 0) is 24.0 Å². The molecule has 0 aliphatic carbocycles. The third-order valence-corrected chi connectivity index (χ3v) is 5.19. The monoisotopic (exact) mass is 347 g/mol. The minimum atomic E-state index is -0.607. The van der Waals surface area contributed by atoms with E-state index in [9.17, 15) is 9.59 Å². The molecule has 1 amide bonds. The van der Waals surface area contributed by atoms with Crippen molar-refractivity contribution in [2.24, 2.45) is 0 Å². The molecule has 2 saturated heterocycles. The number of cyclic esters (lactones) is 1. The quantitative estimate of drug-likeness (QED) is 0.766. The van der Waals surface area contributed by atoms with Crippen LogP contribution in [-0.2, 0) is 14.3 Å². The molecule has 25 heavy (non-hydrogen) atoms. The average molecular weight is 347 g/mol. The number of likely N-dealkylation sites (tertiary alicyclic amines) is 1. The lowest BCUT2D eigenvalue weighted by Crippen LogP contribution is -2.49. The summed E-state index contributed by atoms with van der Waals surface area (Å²) in [6.45, 7) is 5.69. The lowest BCUT2D eigenvalue weighted by molar-refractivity contribution is -0.136. The molecule has 2 aliphatic rings. The van der Waals surface area contributed by atoms with Crippen molar-refractivity contribution < 1.29 is 23.8 Å². The van der Waals surface area contributed by atoms with Crippen molar-refractivity contribution in [3.63, 3.8) is 0 Å². The smallest absolute Gasteiger partial charge is 0.483 e. The predicted molar refractivity (Wildman–Crippen MR) is 91.6 cm³/mol. The molecule has 6 heteroatoms. The molecule has 0 radical (unpaired) electrons. The summed E-state index contributed by atoms with van der Waals surface area (Å²) in [5, 5.41) is 0. The van der Waals surface area contributed by atoms with Gasteiger partial charge in [0, 0.05) is 25.9 Å². The summed E-state index contributed by atoms with van der Waals surface area (Å²) in [5.41, 5.74) is 0.586. The zero-order valence-electron chi connectivity index (χ0n) is 14.8. The van der Waals surface area contributed by atoms with Gasteiger partial charge in [0.05, 0.1) is 0 Å². The summed E-state index contributed by atoms with van der Waals surface area (Å²) < 4.78 is 16.0. The Morgan fingerprint density at radius 3 is 2.68 bits per heavy atom. The van der Waals surface area contributed by atoms with E-state index in [-0.39, 0.29) is 19.1 Å². The minimum absolute atomic E-state index is 0.0245. The maximum absolute atomic E-state index is 12.5. The van der Waals surface area contributed by atoms with Crippen LogP contribution in [0, 0.1) is 0 Å². The van der Waals surface area contributed by atoms with Crippen LogP contribution in [0.25, 0.3) is 0 Å². The molecule has 0 saturated carbocycles. The van der Waals surface area contributed by atoms with Gasteiger partial charge in [0.15, 0.2) is 12.2 Å². The van der Waals surface area contributed by atoms with Gasteiger partial charge >= 0.3 is 6.16 Å². The lowest BCUT2D eigenvalue weighted by Gasteiger charge is -2.36. The van der Waals surface area contributed by atoms with Gasteiger partial charge < -0.3 is 19.1 Å². The molecule has 0 bridgehead atoms. The Hall–Kier alpha value is -2.24. The second-order valence-electron chi connectivity index (χ2n) is 6.84. The number of benzene rings is 1. The number of para-hydroxylation sites is 1. The topological polar surface area (TPSA) is 65.1 Å². The summed E-state index contributed by atoms with van der Waals surface area (Å²) in [6.07, 6.45) is 1.62. The molecule has 6 nitrogen and oxygen atoms in total. The first kappa shape index (κ1) is 17.6. The van der Waals surface area contributed by atoms with E-state index in [0.29, 0.717) is 31.8 Å². The van der Waals surface area contributed by atoms with Crippen molar-refractivity contribution in [3.05, 3.63) is 29.8 Å². The number of nitrogens with zero attached hydrogens (tertiary/aromatic N) is 1. The van der Waals surface area contributed by atoms with Crippen molar-refractivity contribution in [1.29, 1.82) is 0 Å². The van der Waals surface area contributed by atoms with Gasteiger partial charge in [0.1, 0.15) is 12.4 Å². The van der Waals surface area contributed by atoms with Crippen LogP contribution >= 0.6 is 0 Å². The Morgan fingerprint density at radius 2 is 2.04 bits per heavy atom. The number of carbonyl (C=O) groups is 2. The average Bonchev–Trinajstić information content (AvgIpc) is 3.00. The summed E-state index contributed by atoms with van der Waals surface area (Å²) in [6, 6.07) is 7.87. The molecule has 1 atom stereocenters. The highest BCUT2D eigenvalue weighted by Crippen LogP contribution is 2.32. The first-order chi connectivity index (χ1) is 12.0. The molecule has 1 aromatic carbocycles. The van der Waals surface area contributed by atoms with Crippen LogP contribution in [0.15, 0.2) is 24.3 Å². The zero-order chi connectivity index (χ0) is 17.9. The van der Waals surface area contributed by atoms with Gasteiger partial charge in [0.25, 0.3) is 5.91 Å². The molecule has 1 spiro atoms. The van der Waals surface area contributed by atoms with E-state index >= 15 is 0 Å². The van der Waals surface area contributed by atoms with Crippen molar-refractivity contribution in [2.75, 3.05) is 26.3 Å². The second kappa shape index (κ2) is 7.33. The maximum atomic E-state index is 12.5. The molecular formula is C19H25NO5. The van der Waals surface area contributed by atoms with E-state index in [0.717, 1.165) is 17.7 Å². The van der Waals surface area contributed by atoms with Crippen LogP contribution in [0.1, 0.15) is 44.6 Å². The van der Waals surface area contributed by atoms with Crippen molar-refractivity contribution in [3.8, 4) is 5.75 Å².